The van der Waals surface area contributed by atoms with E-state index in [9.17, 15) is 0 Å². The highest BCUT2D eigenvalue weighted by molar-refractivity contribution is 5.35. The summed E-state index contributed by atoms with van der Waals surface area (Å²) in [5, 5.41) is 0. The monoisotopic (exact) mass is 250 g/mol. The van der Waals surface area contributed by atoms with Gasteiger partial charge in [-0.25, -0.2) is 0 Å². The van der Waals surface area contributed by atoms with E-state index in [-0.39, 0.29) is 6.04 Å². The molecule has 1 aromatic carbocycles. The van der Waals surface area contributed by atoms with Crippen LogP contribution in [0.1, 0.15) is 31.9 Å². The lowest BCUT2D eigenvalue weighted by atomic mass is 10.1. The van der Waals surface area contributed by atoms with Gasteiger partial charge < -0.3 is 15.4 Å². The van der Waals surface area contributed by atoms with Crippen LogP contribution in [-0.2, 0) is 0 Å². The molecule has 0 saturated heterocycles. The highest BCUT2D eigenvalue weighted by Crippen LogP contribution is 2.23. The molecule has 1 unspecified atom stereocenters. The van der Waals surface area contributed by atoms with E-state index in [1.54, 1.807) is 7.11 Å². The first kappa shape index (κ1) is 15.0. The van der Waals surface area contributed by atoms with Crippen molar-refractivity contribution in [2.45, 2.75) is 26.3 Å². The number of rotatable bonds is 7. The van der Waals surface area contributed by atoms with Gasteiger partial charge >= 0.3 is 0 Å². The number of benzene rings is 1. The molecule has 0 bridgehead atoms. The molecule has 0 aliphatic heterocycles. The maximum Gasteiger partial charge on any atom is 0.123 e. The van der Waals surface area contributed by atoms with Gasteiger partial charge in [0.25, 0.3) is 0 Å². The quantitative estimate of drug-likeness (QED) is 0.808. The minimum absolute atomic E-state index is 0.00156. The molecule has 0 amide bonds. The number of ether oxygens (including phenoxy) is 1. The molecule has 0 aromatic heterocycles. The molecule has 1 atom stereocenters. The van der Waals surface area contributed by atoms with E-state index >= 15 is 0 Å². The van der Waals surface area contributed by atoms with Gasteiger partial charge in [-0.3, -0.25) is 0 Å². The second-order valence-corrected chi connectivity index (χ2v) is 5.29. The summed E-state index contributed by atoms with van der Waals surface area (Å²) < 4.78 is 5.35. The Kier molecular flexibility index (Phi) is 6.16. The summed E-state index contributed by atoms with van der Waals surface area (Å²) in [6.45, 7) is 6.43. The fourth-order valence-corrected chi connectivity index (χ4v) is 1.98. The van der Waals surface area contributed by atoms with Crippen LogP contribution < -0.4 is 10.5 Å². The molecule has 0 fully saturated rings. The zero-order chi connectivity index (χ0) is 13.5. The Bertz CT molecular complexity index is 352. The average Bonchev–Trinajstić information content (AvgIpc) is 2.36. The van der Waals surface area contributed by atoms with Crippen LogP contribution in [0.4, 0.5) is 0 Å². The van der Waals surface area contributed by atoms with Crippen molar-refractivity contribution in [1.29, 1.82) is 0 Å². The number of hydrogen-bond donors (Lipinski definition) is 1. The van der Waals surface area contributed by atoms with Crippen LogP contribution in [0.15, 0.2) is 24.3 Å². The Morgan fingerprint density at radius 2 is 1.94 bits per heavy atom. The second kappa shape index (κ2) is 7.39. The molecule has 18 heavy (non-hydrogen) atoms. The van der Waals surface area contributed by atoms with Crippen molar-refractivity contribution in [3.8, 4) is 5.75 Å². The molecular weight excluding hydrogens is 224 g/mol. The normalized spacial score (nSPS) is 13.1. The molecule has 1 rings (SSSR count). The molecule has 0 radical (unpaired) electrons. The van der Waals surface area contributed by atoms with Crippen LogP contribution in [0.3, 0.4) is 0 Å². The van der Waals surface area contributed by atoms with Crippen LogP contribution in [0.2, 0.25) is 0 Å². The molecule has 0 heterocycles. The molecule has 1 aromatic rings. The summed E-state index contributed by atoms with van der Waals surface area (Å²) in [5.74, 6) is 1.61. The predicted octanol–water partition coefficient (Wildman–Crippen LogP) is 2.67. The van der Waals surface area contributed by atoms with E-state index in [0.717, 1.165) is 30.3 Å². The van der Waals surface area contributed by atoms with E-state index in [1.807, 2.05) is 24.3 Å². The summed E-state index contributed by atoms with van der Waals surface area (Å²) in [6, 6.07) is 7.98. The lowest BCUT2D eigenvalue weighted by Crippen LogP contribution is -2.30. The van der Waals surface area contributed by atoms with Gasteiger partial charge in [0.15, 0.2) is 0 Å². The third kappa shape index (κ3) is 4.67. The number of nitrogens with zero attached hydrogens (tertiary/aromatic N) is 1. The molecule has 102 valence electrons. The molecule has 0 spiro atoms. The second-order valence-electron chi connectivity index (χ2n) is 5.29. The van der Waals surface area contributed by atoms with Crippen molar-refractivity contribution >= 4 is 0 Å². The summed E-state index contributed by atoms with van der Waals surface area (Å²) in [5.41, 5.74) is 7.34. The van der Waals surface area contributed by atoms with Crippen molar-refractivity contribution in [1.82, 2.24) is 4.90 Å². The standard InChI is InChI=1S/C15H26N2O/c1-12(2)9-10-17(3)11-14(16)13-7-5-6-8-15(13)18-4/h5-8,12,14H,9-11,16H2,1-4H3. The van der Waals surface area contributed by atoms with Gasteiger partial charge in [-0.1, -0.05) is 32.0 Å². The zero-order valence-corrected chi connectivity index (χ0v) is 12.0. The van der Waals surface area contributed by atoms with Crippen molar-refractivity contribution in [3.05, 3.63) is 29.8 Å². The van der Waals surface area contributed by atoms with E-state index < -0.39 is 0 Å². The number of likely N-dealkylation sites (N-methyl/N-ethyl adjacent to an activating group) is 1. The van der Waals surface area contributed by atoms with Crippen molar-refractivity contribution in [2.75, 3.05) is 27.2 Å². The predicted molar refractivity (Wildman–Crippen MR) is 76.9 cm³/mol. The van der Waals surface area contributed by atoms with Gasteiger partial charge in [-0.2, -0.15) is 0 Å². The van der Waals surface area contributed by atoms with Gasteiger partial charge in [0.2, 0.25) is 0 Å². The Labute approximate surface area is 111 Å². The van der Waals surface area contributed by atoms with Gasteiger partial charge in [0, 0.05) is 18.2 Å². The number of hydrogen-bond acceptors (Lipinski definition) is 3. The van der Waals surface area contributed by atoms with Crippen LogP contribution in [0.5, 0.6) is 5.75 Å². The number of methoxy groups -OCH3 is 1. The summed E-state index contributed by atoms with van der Waals surface area (Å²) in [7, 11) is 3.81. The SMILES string of the molecule is COc1ccccc1C(N)CN(C)CCC(C)C. The fraction of sp³-hybridized carbons (Fsp3) is 0.600. The first-order chi connectivity index (χ1) is 8.54. The van der Waals surface area contributed by atoms with Gasteiger partial charge in [0.1, 0.15) is 5.75 Å². The minimum Gasteiger partial charge on any atom is -0.496 e. The van der Waals surface area contributed by atoms with Crippen LogP contribution in [0, 0.1) is 5.92 Å². The third-order valence-electron chi connectivity index (χ3n) is 3.13. The van der Waals surface area contributed by atoms with Gasteiger partial charge in [-0.15, -0.1) is 0 Å². The molecule has 2 N–H and O–H groups in total. The van der Waals surface area contributed by atoms with E-state index in [0.29, 0.717) is 0 Å². The summed E-state index contributed by atoms with van der Waals surface area (Å²) in [6.07, 6.45) is 1.20. The smallest absolute Gasteiger partial charge is 0.123 e. The zero-order valence-electron chi connectivity index (χ0n) is 12.0. The Morgan fingerprint density at radius 3 is 2.56 bits per heavy atom. The first-order valence-corrected chi connectivity index (χ1v) is 6.61. The minimum atomic E-state index is -0.00156. The van der Waals surface area contributed by atoms with Crippen LogP contribution in [-0.4, -0.2) is 32.1 Å². The van der Waals surface area contributed by atoms with Gasteiger partial charge in [0.05, 0.1) is 7.11 Å². The van der Waals surface area contributed by atoms with Gasteiger partial charge in [-0.05, 0) is 32.0 Å². The topological polar surface area (TPSA) is 38.5 Å². The molecule has 3 heteroatoms. The maximum atomic E-state index is 6.26. The Balaban J connectivity index is 2.56. The van der Waals surface area contributed by atoms with E-state index in [2.05, 4.69) is 25.8 Å². The highest BCUT2D eigenvalue weighted by Gasteiger charge is 2.13. The maximum absolute atomic E-state index is 6.26. The van der Waals surface area contributed by atoms with Crippen molar-refractivity contribution < 1.29 is 4.74 Å². The number of para-hydroxylation sites is 1. The van der Waals surface area contributed by atoms with Crippen molar-refractivity contribution in [2.24, 2.45) is 11.7 Å². The summed E-state index contributed by atoms with van der Waals surface area (Å²) in [4.78, 5) is 2.29. The fourth-order valence-electron chi connectivity index (χ4n) is 1.98. The third-order valence-corrected chi connectivity index (χ3v) is 3.13. The number of nitrogens with two attached hydrogens (primary N) is 1. The Hall–Kier alpha value is -1.06. The largest absolute Gasteiger partial charge is 0.496 e. The molecular formula is C15H26N2O. The molecule has 0 aliphatic rings. The first-order valence-electron chi connectivity index (χ1n) is 6.61. The lowest BCUT2D eigenvalue weighted by molar-refractivity contribution is 0.290. The highest BCUT2D eigenvalue weighted by atomic mass is 16.5. The van der Waals surface area contributed by atoms with Crippen molar-refractivity contribution in [3.63, 3.8) is 0 Å². The average molecular weight is 250 g/mol. The molecule has 3 nitrogen and oxygen atoms in total. The molecule has 0 aliphatic carbocycles. The Morgan fingerprint density at radius 1 is 1.28 bits per heavy atom. The van der Waals surface area contributed by atoms with Crippen LogP contribution >= 0.6 is 0 Å². The van der Waals surface area contributed by atoms with E-state index in [4.69, 9.17) is 10.5 Å². The summed E-state index contributed by atoms with van der Waals surface area (Å²) >= 11 is 0. The molecule has 0 saturated carbocycles. The lowest BCUT2D eigenvalue weighted by Gasteiger charge is -2.23. The van der Waals surface area contributed by atoms with E-state index in [1.165, 1.54) is 6.42 Å². The van der Waals surface area contributed by atoms with Crippen LogP contribution in [0.25, 0.3) is 0 Å².